The van der Waals surface area contributed by atoms with Gasteiger partial charge in [0.25, 0.3) is 0 Å². The molecular formula is C18H27N3O2S2. The summed E-state index contributed by atoms with van der Waals surface area (Å²) in [4.78, 5) is 29.0. The molecule has 3 rings (SSSR count). The molecule has 2 bridgehead atoms. The van der Waals surface area contributed by atoms with Gasteiger partial charge in [0.2, 0.25) is 11.8 Å². The zero-order chi connectivity index (χ0) is 18.1. The Kier molecular flexibility index (Phi) is 5.73. The van der Waals surface area contributed by atoms with E-state index in [4.69, 9.17) is 5.73 Å². The molecule has 2 amide bonds. The quantitative estimate of drug-likeness (QED) is 0.711. The highest BCUT2D eigenvalue weighted by Crippen LogP contribution is 2.49. The minimum atomic E-state index is -0.353. The van der Waals surface area contributed by atoms with Gasteiger partial charge in [-0.15, -0.1) is 11.3 Å². The number of amides is 2. The third kappa shape index (κ3) is 4.37. The molecule has 5 atom stereocenters. The molecule has 0 spiro atoms. The number of thioether (sulfide) groups is 1. The SMILES string of the molecule is Cc1nc(SC(C)C(=O)NC(C)C2CC3CCC2C3)sc1CC(N)=O. The maximum atomic E-state index is 12.6. The van der Waals surface area contributed by atoms with E-state index in [0.717, 1.165) is 26.7 Å². The average Bonchev–Trinajstić information content (AvgIpc) is 3.23. The first kappa shape index (κ1) is 18.7. The molecule has 5 nitrogen and oxygen atoms in total. The molecule has 1 aromatic heterocycles. The van der Waals surface area contributed by atoms with E-state index < -0.39 is 0 Å². The van der Waals surface area contributed by atoms with Gasteiger partial charge in [-0.1, -0.05) is 18.2 Å². The van der Waals surface area contributed by atoms with Crippen molar-refractivity contribution >= 4 is 34.9 Å². The van der Waals surface area contributed by atoms with Crippen LogP contribution in [-0.4, -0.2) is 28.1 Å². The van der Waals surface area contributed by atoms with Crippen LogP contribution in [0.25, 0.3) is 0 Å². The van der Waals surface area contributed by atoms with Gasteiger partial charge in [-0.05, 0) is 57.8 Å². The van der Waals surface area contributed by atoms with Gasteiger partial charge in [0.15, 0.2) is 4.34 Å². The lowest BCUT2D eigenvalue weighted by molar-refractivity contribution is -0.121. The second-order valence-electron chi connectivity index (χ2n) is 7.53. The molecule has 25 heavy (non-hydrogen) atoms. The van der Waals surface area contributed by atoms with E-state index in [1.807, 2.05) is 13.8 Å². The third-order valence-corrected chi connectivity index (χ3v) is 8.01. The number of carbonyl (C=O) groups excluding carboxylic acids is 2. The van der Waals surface area contributed by atoms with Crippen LogP contribution in [0.2, 0.25) is 0 Å². The van der Waals surface area contributed by atoms with Gasteiger partial charge in [-0.3, -0.25) is 9.59 Å². The molecule has 2 fully saturated rings. The monoisotopic (exact) mass is 381 g/mol. The molecule has 7 heteroatoms. The summed E-state index contributed by atoms with van der Waals surface area (Å²) in [5.41, 5.74) is 6.09. The van der Waals surface area contributed by atoms with Gasteiger partial charge >= 0.3 is 0 Å². The summed E-state index contributed by atoms with van der Waals surface area (Å²) in [5, 5.41) is 3.02. The number of nitrogens with one attached hydrogen (secondary N) is 1. The molecule has 1 aromatic rings. The molecule has 0 radical (unpaired) electrons. The summed E-state index contributed by atoms with van der Waals surface area (Å²) in [6.07, 6.45) is 5.56. The second kappa shape index (κ2) is 7.66. The first-order valence-electron chi connectivity index (χ1n) is 9.05. The van der Waals surface area contributed by atoms with Gasteiger partial charge in [0.05, 0.1) is 17.4 Å². The number of aryl methyl sites for hydroxylation is 1. The highest BCUT2D eigenvalue weighted by atomic mass is 32.2. The number of primary amides is 1. The number of hydrogen-bond donors (Lipinski definition) is 2. The zero-order valence-electron chi connectivity index (χ0n) is 15.1. The van der Waals surface area contributed by atoms with Crippen LogP contribution in [0, 0.1) is 24.7 Å². The fraction of sp³-hybridized carbons (Fsp3) is 0.722. The van der Waals surface area contributed by atoms with Crippen LogP contribution in [0.15, 0.2) is 4.34 Å². The lowest BCUT2D eigenvalue weighted by Gasteiger charge is -2.29. The first-order valence-corrected chi connectivity index (χ1v) is 10.7. The van der Waals surface area contributed by atoms with Gasteiger partial charge < -0.3 is 11.1 Å². The molecule has 2 saturated carbocycles. The van der Waals surface area contributed by atoms with Crippen LogP contribution in [0.3, 0.4) is 0 Å². The summed E-state index contributed by atoms with van der Waals surface area (Å²) in [7, 11) is 0. The minimum Gasteiger partial charge on any atom is -0.369 e. The van der Waals surface area contributed by atoms with Crippen molar-refractivity contribution < 1.29 is 9.59 Å². The molecule has 2 aliphatic rings. The average molecular weight is 382 g/mol. The van der Waals surface area contributed by atoms with Crippen molar-refractivity contribution in [1.82, 2.24) is 10.3 Å². The van der Waals surface area contributed by atoms with Crippen molar-refractivity contribution in [3.63, 3.8) is 0 Å². The van der Waals surface area contributed by atoms with Crippen LogP contribution in [0.5, 0.6) is 0 Å². The van der Waals surface area contributed by atoms with E-state index in [1.165, 1.54) is 48.8 Å². The smallest absolute Gasteiger partial charge is 0.233 e. The van der Waals surface area contributed by atoms with Gasteiger partial charge in [0, 0.05) is 10.9 Å². The Morgan fingerprint density at radius 2 is 2.12 bits per heavy atom. The van der Waals surface area contributed by atoms with Crippen molar-refractivity contribution in [2.24, 2.45) is 23.5 Å². The summed E-state index contributed by atoms with van der Waals surface area (Å²) in [6.45, 7) is 5.94. The van der Waals surface area contributed by atoms with Crippen LogP contribution < -0.4 is 11.1 Å². The molecule has 0 aromatic carbocycles. The Morgan fingerprint density at radius 3 is 2.72 bits per heavy atom. The summed E-state index contributed by atoms with van der Waals surface area (Å²) in [6, 6.07) is 0.245. The summed E-state index contributed by atoms with van der Waals surface area (Å²) >= 11 is 2.92. The predicted molar refractivity (Wildman–Crippen MR) is 102 cm³/mol. The van der Waals surface area contributed by atoms with Gasteiger partial charge in [-0.25, -0.2) is 4.98 Å². The first-order chi connectivity index (χ1) is 11.8. The normalized spacial score (nSPS) is 27.2. The number of fused-ring (bicyclic) bond motifs is 2. The number of nitrogens with two attached hydrogens (primary N) is 1. The van der Waals surface area contributed by atoms with Crippen molar-refractivity contribution in [3.8, 4) is 0 Å². The van der Waals surface area contributed by atoms with Crippen LogP contribution in [0.4, 0.5) is 0 Å². The van der Waals surface area contributed by atoms with Crippen LogP contribution >= 0.6 is 23.1 Å². The fourth-order valence-corrected chi connectivity index (χ4v) is 6.73. The molecule has 0 saturated heterocycles. The topological polar surface area (TPSA) is 85.1 Å². The van der Waals surface area contributed by atoms with E-state index >= 15 is 0 Å². The van der Waals surface area contributed by atoms with Gasteiger partial charge in [-0.2, -0.15) is 0 Å². The number of rotatable bonds is 7. The van der Waals surface area contributed by atoms with Crippen molar-refractivity contribution in [1.29, 1.82) is 0 Å². The minimum absolute atomic E-state index is 0.0737. The number of aromatic nitrogens is 1. The lowest BCUT2D eigenvalue weighted by atomic mass is 9.84. The van der Waals surface area contributed by atoms with Crippen molar-refractivity contribution in [3.05, 3.63) is 10.6 Å². The highest BCUT2D eigenvalue weighted by Gasteiger charge is 2.42. The predicted octanol–water partition coefficient (Wildman–Crippen LogP) is 2.90. The molecule has 2 aliphatic carbocycles. The molecule has 0 aliphatic heterocycles. The Labute approximate surface area is 157 Å². The largest absolute Gasteiger partial charge is 0.369 e. The van der Waals surface area contributed by atoms with E-state index in [0.29, 0.717) is 5.92 Å². The molecular weight excluding hydrogens is 354 g/mol. The number of hydrogen-bond acceptors (Lipinski definition) is 5. The number of nitrogens with zero attached hydrogens (tertiary/aromatic N) is 1. The number of thiazole rings is 1. The standard InChI is InChI=1S/C18H27N3O2S2/c1-9(14-7-12-4-5-13(14)6-12)20-17(23)11(3)24-18-21-10(2)15(25-18)8-16(19)22/h9,11-14H,4-8H2,1-3H3,(H2,19,22)(H,20,23). The van der Waals surface area contributed by atoms with Crippen LogP contribution in [-0.2, 0) is 16.0 Å². The summed E-state index contributed by atoms with van der Waals surface area (Å²) in [5.74, 6) is 2.06. The maximum absolute atomic E-state index is 12.6. The Morgan fingerprint density at radius 1 is 1.36 bits per heavy atom. The van der Waals surface area contributed by atoms with Crippen molar-refractivity contribution in [2.45, 2.75) is 68.5 Å². The Balaban J connectivity index is 1.53. The van der Waals surface area contributed by atoms with Crippen LogP contribution in [0.1, 0.15) is 50.1 Å². The third-order valence-electron chi connectivity index (χ3n) is 5.66. The summed E-state index contributed by atoms with van der Waals surface area (Å²) < 4.78 is 0.823. The highest BCUT2D eigenvalue weighted by molar-refractivity contribution is 8.02. The van der Waals surface area contributed by atoms with E-state index in [9.17, 15) is 9.59 Å². The molecule has 3 N–H and O–H groups in total. The molecule has 1 heterocycles. The van der Waals surface area contributed by atoms with E-state index in [1.54, 1.807) is 0 Å². The fourth-order valence-electron chi connectivity index (χ4n) is 4.33. The lowest BCUT2D eigenvalue weighted by Crippen LogP contribution is -2.43. The molecule has 5 unspecified atom stereocenters. The van der Waals surface area contributed by atoms with E-state index in [-0.39, 0.29) is 29.5 Å². The van der Waals surface area contributed by atoms with Gasteiger partial charge in [0.1, 0.15) is 0 Å². The number of carbonyl (C=O) groups is 2. The van der Waals surface area contributed by atoms with E-state index in [2.05, 4.69) is 17.2 Å². The Hall–Kier alpha value is -1.08. The molecule has 138 valence electrons. The zero-order valence-corrected chi connectivity index (χ0v) is 16.7. The maximum Gasteiger partial charge on any atom is 0.233 e. The second-order valence-corrected chi connectivity index (χ2v) is 10.2. The van der Waals surface area contributed by atoms with Crippen molar-refractivity contribution in [2.75, 3.05) is 0 Å². The Bertz CT molecular complexity index is 661.